The second-order valence-corrected chi connectivity index (χ2v) is 9.27. The Morgan fingerprint density at radius 3 is 2.52 bits per heavy atom. The van der Waals surface area contributed by atoms with Crippen LogP contribution in [0.2, 0.25) is 5.02 Å². The van der Waals surface area contributed by atoms with Gasteiger partial charge in [-0.3, -0.25) is 9.10 Å². The van der Waals surface area contributed by atoms with Gasteiger partial charge in [-0.1, -0.05) is 29.8 Å². The second-order valence-electron chi connectivity index (χ2n) is 6.05. The minimum Gasteiger partial charge on any atom is -0.355 e. The van der Waals surface area contributed by atoms with Crippen LogP contribution in [0.3, 0.4) is 0 Å². The van der Waals surface area contributed by atoms with Crippen molar-refractivity contribution < 1.29 is 13.2 Å². The number of hydrogen-bond donors (Lipinski definition) is 1. The Morgan fingerprint density at radius 2 is 1.89 bits per heavy atom. The van der Waals surface area contributed by atoms with Gasteiger partial charge >= 0.3 is 0 Å². The molecular formula is C19H23ClN2O3S2. The summed E-state index contributed by atoms with van der Waals surface area (Å²) in [5, 5.41) is 3.48. The number of halogens is 1. The zero-order chi connectivity index (χ0) is 19.9. The third kappa shape index (κ3) is 7.08. The largest absolute Gasteiger partial charge is 0.355 e. The summed E-state index contributed by atoms with van der Waals surface area (Å²) in [6.45, 7) is 0.238. The number of carbonyl (C=O) groups is 1. The number of nitrogens with one attached hydrogen (secondary N) is 1. The van der Waals surface area contributed by atoms with Gasteiger partial charge in [-0.2, -0.15) is 0 Å². The van der Waals surface area contributed by atoms with E-state index in [2.05, 4.69) is 5.32 Å². The highest BCUT2D eigenvalue weighted by atomic mass is 35.5. The van der Waals surface area contributed by atoms with E-state index in [0.717, 1.165) is 33.9 Å². The molecule has 2 aromatic rings. The van der Waals surface area contributed by atoms with Gasteiger partial charge in [0.1, 0.15) is 6.54 Å². The van der Waals surface area contributed by atoms with Crippen molar-refractivity contribution in [2.24, 2.45) is 0 Å². The quantitative estimate of drug-likeness (QED) is 0.491. The molecule has 0 aliphatic heterocycles. The lowest BCUT2D eigenvalue weighted by atomic mass is 10.1. The van der Waals surface area contributed by atoms with Gasteiger partial charge in [0.15, 0.2) is 0 Å². The maximum Gasteiger partial charge on any atom is 0.240 e. The number of amides is 1. The van der Waals surface area contributed by atoms with E-state index >= 15 is 0 Å². The fraction of sp³-hybridized carbons (Fsp3) is 0.316. The van der Waals surface area contributed by atoms with Gasteiger partial charge in [0.25, 0.3) is 0 Å². The predicted molar refractivity (Wildman–Crippen MR) is 113 cm³/mol. The molecule has 5 nitrogen and oxygen atoms in total. The van der Waals surface area contributed by atoms with Crippen LogP contribution in [-0.4, -0.2) is 39.9 Å². The van der Waals surface area contributed by atoms with Crippen molar-refractivity contribution in [2.45, 2.75) is 17.7 Å². The summed E-state index contributed by atoms with van der Waals surface area (Å²) in [6.07, 6.45) is 4.58. The lowest BCUT2D eigenvalue weighted by Gasteiger charge is -2.22. The molecular weight excluding hydrogens is 404 g/mol. The smallest absolute Gasteiger partial charge is 0.240 e. The fourth-order valence-corrected chi connectivity index (χ4v) is 3.95. The standard InChI is InChI=1S/C19H23ClN2O3S2/c1-26-18-7-3-6-17(13-18)22(27(2,24)25)14-19(23)21-12-4-5-15-8-10-16(20)11-9-15/h3,6-11,13H,4-5,12,14H2,1-2H3,(H,21,23). The average molecular weight is 427 g/mol. The number of hydrogen-bond acceptors (Lipinski definition) is 4. The molecule has 2 aromatic carbocycles. The van der Waals surface area contributed by atoms with Gasteiger partial charge in [0, 0.05) is 16.5 Å². The molecule has 0 bridgehead atoms. The summed E-state index contributed by atoms with van der Waals surface area (Å²) < 4.78 is 25.4. The van der Waals surface area contributed by atoms with Crippen LogP contribution < -0.4 is 9.62 Å². The zero-order valence-electron chi connectivity index (χ0n) is 15.3. The van der Waals surface area contributed by atoms with Crippen LogP contribution >= 0.6 is 23.4 Å². The molecule has 0 aliphatic carbocycles. The van der Waals surface area contributed by atoms with E-state index in [9.17, 15) is 13.2 Å². The first kappa shape index (κ1) is 21.6. The minimum atomic E-state index is -3.56. The van der Waals surface area contributed by atoms with Gasteiger partial charge in [-0.05, 0) is 55.0 Å². The Morgan fingerprint density at radius 1 is 1.19 bits per heavy atom. The summed E-state index contributed by atoms with van der Waals surface area (Å²) in [5.41, 5.74) is 1.63. The van der Waals surface area contributed by atoms with E-state index in [0.29, 0.717) is 17.3 Å². The normalized spacial score (nSPS) is 11.2. The molecule has 0 fully saturated rings. The first-order valence-electron chi connectivity index (χ1n) is 8.42. The summed E-state index contributed by atoms with van der Waals surface area (Å²) in [4.78, 5) is 13.2. The molecule has 0 aromatic heterocycles. The van der Waals surface area contributed by atoms with Gasteiger partial charge in [-0.25, -0.2) is 8.42 Å². The molecule has 0 atom stereocenters. The minimum absolute atomic E-state index is 0.238. The van der Waals surface area contributed by atoms with E-state index in [1.54, 1.807) is 18.2 Å². The Kier molecular flexibility index (Phi) is 8.01. The predicted octanol–water partition coefficient (Wildman–Crippen LogP) is 3.58. The highest BCUT2D eigenvalue weighted by Gasteiger charge is 2.20. The van der Waals surface area contributed by atoms with Crippen molar-refractivity contribution in [3.63, 3.8) is 0 Å². The SMILES string of the molecule is CSc1cccc(N(CC(=O)NCCCc2ccc(Cl)cc2)S(C)(=O)=O)c1. The van der Waals surface area contributed by atoms with Gasteiger partial charge in [-0.15, -0.1) is 11.8 Å². The number of aryl methyl sites for hydroxylation is 1. The molecule has 1 amide bonds. The van der Waals surface area contributed by atoms with Gasteiger partial charge in [0.05, 0.1) is 11.9 Å². The summed E-state index contributed by atoms with van der Waals surface area (Å²) >= 11 is 7.37. The fourth-order valence-electron chi connectivity index (χ4n) is 2.52. The van der Waals surface area contributed by atoms with Crippen LogP contribution in [0.15, 0.2) is 53.4 Å². The summed E-state index contributed by atoms with van der Waals surface area (Å²) in [5.74, 6) is -0.328. The van der Waals surface area contributed by atoms with E-state index < -0.39 is 10.0 Å². The number of anilines is 1. The van der Waals surface area contributed by atoms with E-state index in [1.165, 1.54) is 11.8 Å². The van der Waals surface area contributed by atoms with E-state index in [1.807, 2.05) is 36.6 Å². The van der Waals surface area contributed by atoms with E-state index in [-0.39, 0.29) is 12.5 Å². The molecule has 0 saturated heterocycles. The number of benzene rings is 2. The first-order chi connectivity index (χ1) is 12.8. The van der Waals surface area contributed by atoms with E-state index in [4.69, 9.17) is 11.6 Å². The van der Waals surface area contributed by atoms with Gasteiger partial charge < -0.3 is 5.32 Å². The monoisotopic (exact) mass is 426 g/mol. The topological polar surface area (TPSA) is 66.5 Å². The second kappa shape index (κ2) is 10.0. The van der Waals surface area contributed by atoms with Crippen molar-refractivity contribution >= 4 is 45.0 Å². The molecule has 0 aliphatic rings. The highest BCUT2D eigenvalue weighted by Crippen LogP contribution is 2.23. The van der Waals surface area contributed by atoms with Crippen LogP contribution in [0.5, 0.6) is 0 Å². The third-order valence-electron chi connectivity index (χ3n) is 3.91. The Labute approximate surface area is 170 Å². The molecule has 2 rings (SSSR count). The van der Waals surface area contributed by atoms with Crippen molar-refractivity contribution in [3.05, 3.63) is 59.1 Å². The Hall–Kier alpha value is -1.70. The summed E-state index contributed by atoms with van der Waals surface area (Å²) in [6, 6.07) is 14.7. The molecule has 8 heteroatoms. The number of rotatable bonds is 9. The van der Waals surface area contributed by atoms with Crippen LogP contribution in [-0.2, 0) is 21.2 Å². The zero-order valence-corrected chi connectivity index (χ0v) is 17.7. The van der Waals surface area contributed by atoms with Crippen molar-refractivity contribution in [2.75, 3.05) is 29.9 Å². The van der Waals surface area contributed by atoms with Crippen molar-refractivity contribution in [1.29, 1.82) is 0 Å². The van der Waals surface area contributed by atoms with Crippen molar-refractivity contribution in [3.8, 4) is 0 Å². The Bertz CT molecular complexity index is 871. The highest BCUT2D eigenvalue weighted by molar-refractivity contribution is 7.98. The molecule has 0 heterocycles. The van der Waals surface area contributed by atoms with Gasteiger partial charge in [0.2, 0.25) is 15.9 Å². The number of thioether (sulfide) groups is 1. The van der Waals surface area contributed by atoms with Crippen LogP contribution in [0.25, 0.3) is 0 Å². The maximum atomic E-state index is 12.2. The van der Waals surface area contributed by atoms with Crippen LogP contribution in [0, 0.1) is 0 Å². The molecule has 0 saturated carbocycles. The first-order valence-corrected chi connectivity index (χ1v) is 11.9. The molecule has 1 N–H and O–H groups in total. The number of carbonyl (C=O) groups excluding carboxylic acids is 1. The average Bonchev–Trinajstić information content (AvgIpc) is 2.64. The maximum absolute atomic E-state index is 12.2. The third-order valence-corrected chi connectivity index (χ3v) is 6.02. The molecule has 0 radical (unpaired) electrons. The Balaban J connectivity index is 1.91. The molecule has 146 valence electrons. The molecule has 27 heavy (non-hydrogen) atoms. The molecule has 0 spiro atoms. The van der Waals surface area contributed by atoms with Crippen LogP contribution in [0.4, 0.5) is 5.69 Å². The lowest BCUT2D eigenvalue weighted by Crippen LogP contribution is -2.40. The van der Waals surface area contributed by atoms with Crippen molar-refractivity contribution in [1.82, 2.24) is 5.32 Å². The summed E-state index contributed by atoms with van der Waals surface area (Å²) in [7, 11) is -3.56. The number of sulfonamides is 1. The lowest BCUT2D eigenvalue weighted by molar-refractivity contribution is -0.119. The molecule has 0 unspecified atom stereocenters. The van der Waals surface area contributed by atoms with Crippen LogP contribution in [0.1, 0.15) is 12.0 Å². The number of nitrogens with zero attached hydrogens (tertiary/aromatic N) is 1.